The lowest BCUT2D eigenvalue weighted by atomic mass is 10.1. The van der Waals surface area contributed by atoms with Crippen molar-refractivity contribution in [2.75, 3.05) is 13.1 Å². The number of carbonyl (C=O) groups excluding carboxylic acids is 1. The molecule has 1 aromatic heterocycles. The van der Waals surface area contributed by atoms with Gasteiger partial charge >= 0.3 is 0 Å². The van der Waals surface area contributed by atoms with Crippen LogP contribution in [0.15, 0.2) is 12.4 Å². The van der Waals surface area contributed by atoms with Crippen LogP contribution in [0.2, 0.25) is 0 Å². The van der Waals surface area contributed by atoms with Crippen LogP contribution in [0.4, 0.5) is 0 Å². The third-order valence-electron chi connectivity index (χ3n) is 3.02. The Kier molecular flexibility index (Phi) is 3.47. The monoisotopic (exact) mass is 236 g/mol. The van der Waals surface area contributed by atoms with Crippen molar-refractivity contribution in [1.29, 1.82) is 0 Å². The first kappa shape index (κ1) is 12.1. The maximum Gasteiger partial charge on any atom is 0.227 e. The van der Waals surface area contributed by atoms with Crippen molar-refractivity contribution < 1.29 is 4.79 Å². The van der Waals surface area contributed by atoms with Crippen molar-refractivity contribution in [1.82, 2.24) is 20.0 Å². The molecule has 1 amide bonds. The van der Waals surface area contributed by atoms with E-state index >= 15 is 0 Å². The van der Waals surface area contributed by atoms with Gasteiger partial charge in [0.15, 0.2) is 0 Å². The Bertz CT molecular complexity index is 391. The fourth-order valence-corrected chi connectivity index (χ4v) is 2.38. The number of rotatable bonds is 2. The van der Waals surface area contributed by atoms with Gasteiger partial charge in [0.25, 0.3) is 0 Å². The Balaban J connectivity index is 1.95. The average molecular weight is 236 g/mol. The Hall–Kier alpha value is -1.36. The number of hydrogen-bond acceptors (Lipinski definition) is 3. The van der Waals surface area contributed by atoms with Gasteiger partial charge in [0.2, 0.25) is 5.91 Å². The summed E-state index contributed by atoms with van der Waals surface area (Å²) in [7, 11) is 1.86. The molecule has 0 spiro atoms. The van der Waals surface area contributed by atoms with E-state index in [9.17, 15) is 4.79 Å². The molecule has 1 saturated heterocycles. The van der Waals surface area contributed by atoms with Crippen LogP contribution < -0.4 is 5.32 Å². The number of hydrogen-bond donors (Lipinski definition) is 1. The summed E-state index contributed by atoms with van der Waals surface area (Å²) in [6, 6.07) is 0.744. The molecule has 0 bridgehead atoms. The molecule has 2 heterocycles. The van der Waals surface area contributed by atoms with Gasteiger partial charge in [-0.2, -0.15) is 5.10 Å². The van der Waals surface area contributed by atoms with Crippen molar-refractivity contribution in [3.8, 4) is 0 Å². The lowest BCUT2D eigenvalue weighted by molar-refractivity contribution is -0.132. The fraction of sp³-hybridized carbons (Fsp3) is 0.667. The molecule has 2 atom stereocenters. The number of nitrogens with one attached hydrogen (secondary N) is 1. The first-order valence-electron chi connectivity index (χ1n) is 6.06. The van der Waals surface area contributed by atoms with E-state index in [0.29, 0.717) is 18.5 Å². The van der Waals surface area contributed by atoms with Crippen LogP contribution in [0.25, 0.3) is 0 Å². The Labute approximate surface area is 102 Å². The minimum Gasteiger partial charge on any atom is -0.339 e. The number of aromatic nitrogens is 2. The third-order valence-corrected chi connectivity index (χ3v) is 3.02. The normalized spacial score (nSPS) is 25.0. The summed E-state index contributed by atoms with van der Waals surface area (Å²) in [6.07, 6.45) is 4.10. The second-order valence-corrected chi connectivity index (χ2v) is 4.97. The molecule has 17 heavy (non-hydrogen) atoms. The molecule has 1 fully saturated rings. The van der Waals surface area contributed by atoms with Crippen molar-refractivity contribution in [3.05, 3.63) is 18.0 Å². The predicted molar refractivity (Wildman–Crippen MR) is 65.6 cm³/mol. The molecule has 1 N–H and O–H groups in total. The molecule has 1 aromatic rings. The molecule has 0 unspecified atom stereocenters. The smallest absolute Gasteiger partial charge is 0.227 e. The molecular formula is C12H20N4O. The maximum absolute atomic E-state index is 12.1. The highest BCUT2D eigenvalue weighted by atomic mass is 16.2. The molecule has 5 nitrogen and oxygen atoms in total. The molecule has 1 aliphatic heterocycles. The minimum absolute atomic E-state index is 0.193. The van der Waals surface area contributed by atoms with E-state index in [1.54, 1.807) is 10.9 Å². The molecule has 5 heteroatoms. The largest absolute Gasteiger partial charge is 0.339 e. The van der Waals surface area contributed by atoms with Crippen LogP contribution in [-0.2, 0) is 18.3 Å². The Morgan fingerprint density at radius 1 is 1.47 bits per heavy atom. The number of carbonyl (C=O) groups is 1. The highest BCUT2D eigenvalue weighted by molar-refractivity contribution is 5.78. The Morgan fingerprint density at radius 3 is 2.65 bits per heavy atom. The summed E-state index contributed by atoms with van der Waals surface area (Å²) in [5, 5.41) is 7.50. The van der Waals surface area contributed by atoms with Gasteiger partial charge < -0.3 is 10.2 Å². The first-order chi connectivity index (χ1) is 8.04. The standard InChI is InChI=1S/C12H20N4O/c1-9-6-16(7-10(2)14-9)12(17)4-11-5-13-15(3)8-11/h5,8-10,14H,4,6-7H2,1-3H3/t9-,10-/m1/s1. The quantitative estimate of drug-likeness (QED) is 0.796. The van der Waals surface area contributed by atoms with Gasteiger partial charge in [0.1, 0.15) is 0 Å². The number of amides is 1. The van der Waals surface area contributed by atoms with Gasteiger partial charge in [0, 0.05) is 38.4 Å². The topological polar surface area (TPSA) is 50.2 Å². The third kappa shape index (κ3) is 3.06. The van der Waals surface area contributed by atoms with Gasteiger partial charge in [-0.3, -0.25) is 9.48 Å². The second kappa shape index (κ2) is 4.87. The highest BCUT2D eigenvalue weighted by Crippen LogP contribution is 2.07. The molecule has 0 radical (unpaired) electrons. The fourth-order valence-electron chi connectivity index (χ4n) is 2.38. The maximum atomic E-state index is 12.1. The van der Waals surface area contributed by atoms with Crippen LogP contribution >= 0.6 is 0 Å². The summed E-state index contributed by atoms with van der Waals surface area (Å²) in [5.74, 6) is 0.193. The van der Waals surface area contributed by atoms with E-state index in [1.807, 2.05) is 18.1 Å². The van der Waals surface area contributed by atoms with Crippen LogP contribution in [0, 0.1) is 0 Å². The van der Waals surface area contributed by atoms with Crippen LogP contribution in [0.3, 0.4) is 0 Å². The van der Waals surface area contributed by atoms with E-state index in [0.717, 1.165) is 18.7 Å². The summed E-state index contributed by atoms with van der Waals surface area (Å²) in [6.45, 7) is 5.81. The molecule has 94 valence electrons. The minimum atomic E-state index is 0.193. The number of aryl methyl sites for hydroxylation is 1. The van der Waals surface area contributed by atoms with E-state index < -0.39 is 0 Å². The van der Waals surface area contributed by atoms with E-state index in [-0.39, 0.29) is 5.91 Å². The second-order valence-electron chi connectivity index (χ2n) is 4.97. The lowest BCUT2D eigenvalue weighted by Crippen LogP contribution is -2.56. The summed E-state index contributed by atoms with van der Waals surface area (Å²) < 4.78 is 1.73. The van der Waals surface area contributed by atoms with Crippen molar-refractivity contribution in [3.63, 3.8) is 0 Å². The zero-order valence-electron chi connectivity index (χ0n) is 10.7. The SMILES string of the molecule is C[C@@H]1CN(C(=O)Cc2cnn(C)c2)C[C@@H](C)N1. The van der Waals surface area contributed by atoms with Gasteiger partial charge in [-0.1, -0.05) is 0 Å². The molecule has 0 aromatic carbocycles. The van der Waals surface area contributed by atoms with Gasteiger partial charge in [-0.15, -0.1) is 0 Å². The number of nitrogens with zero attached hydrogens (tertiary/aromatic N) is 3. The highest BCUT2D eigenvalue weighted by Gasteiger charge is 2.24. The molecule has 0 saturated carbocycles. The Morgan fingerprint density at radius 2 is 2.12 bits per heavy atom. The molecule has 0 aliphatic carbocycles. The summed E-state index contributed by atoms with van der Waals surface area (Å²) in [4.78, 5) is 14.1. The van der Waals surface area contributed by atoms with E-state index in [1.165, 1.54) is 0 Å². The van der Waals surface area contributed by atoms with E-state index in [2.05, 4.69) is 24.3 Å². The van der Waals surface area contributed by atoms with Crippen molar-refractivity contribution in [2.45, 2.75) is 32.4 Å². The average Bonchev–Trinajstić information content (AvgIpc) is 2.62. The molecule has 2 rings (SSSR count). The van der Waals surface area contributed by atoms with Crippen molar-refractivity contribution in [2.24, 2.45) is 7.05 Å². The van der Waals surface area contributed by atoms with Crippen LogP contribution in [0.1, 0.15) is 19.4 Å². The summed E-state index contributed by atoms with van der Waals surface area (Å²) in [5.41, 5.74) is 0.983. The van der Waals surface area contributed by atoms with E-state index in [4.69, 9.17) is 0 Å². The van der Waals surface area contributed by atoms with Gasteiger partial charge in [-0.05, 0) is 19.4 Å². The van der Waals surface area contributed by atoms with Crippen LogP contribution in [0.5, 0.6) is 0 Å². The zero-order valence-corrected chi connectivity index (χ0v) is 10.7. The molecular weight excluding hydrogens is 216 g/mol. The first-order valence-corrected chi connectivity index (χ1v) is 6.06. The predicted octanol–water partition coefficient (Wildman–Crippen LogP) is 0.171. The van der Waals surface area contributed by atoms with Gasteiger partial charge in [-0.25, -0.2) is 0 Å². The number of piperazine rings is 1. The van der Waals surface area contributed by atoms with Crippen LogP contribution in [-0.4, -0.2) is 45.8 Å². The van der Waals surface area contributed by atoms with Gasteiger partial charge in [0.05, 0.1) is 12.6 Å². The zero-order chi connectivity index (χ0) is 12.4. The lowest BCUT2D eigenvalue weighted by Gasteiger charge is -2.36. The summed E-state index contributed by atoms with van der Waals surface area (Å²) >= 11 is 0. The molecule has 1 aliphatic rings. The van der Waals surface area contributed by atoms with Crippen molar-refractivity contribution >= 4 is 5.91 Å².